The molecule has 0 fully saturated rings. The molecule has 0 aliphatic carbocycles. The molecule has 0 bridgehead atoms. The van der Waals surface area contributed by atoms with Gasteiger partial charge in [-0.1, -0.05) is 13.8 Å². The van der Waals surface area contributed by atoms with Gasteiger partial charge in [0.05, 0.1) is 0 Å². The van der Waals surface area contributed by atoms with E-state index in [-0.39, 0.29) is 24.4 Å². The van der Waals surface area contributed by atoms with Crippen molar-refractivity contribution in [1.82, 2.24) is 5.32 Å². The quantitative estimate of drug-likeness (QED) is 0.812. The zero-order valence-electron chi connectivity index (χ0n) is 12.7. The van der Waals surface area contributed by atoms with Gasteiger partial charge in [0.2, 0.25) is 11.8 Å². The van der Waals surface area contributed by atoms with E-state index in [0.29, 0.717) is 18.5 Å². The lowest BCUT2D eigenvalue weighted by Gasteiger charge is -2.29. The zero-order valence-corrected chi connectivity index (χ0v) is 12.7. The minimum atomic E-state index is -0.110. The molecule has 0 atom stereocenters. The number of nitrogens with one attached hydrogen (secondary N) is 1. The van der Waals surface area contributed by atoms with Gasteiger partial charge in [0, 0.05) is 23.8 Å². The fraction of sp³-hybridized carbons (Fsp3) is 0.500. The smallest absolute Gasteiger partial charge is 0.240 e. The van der Waals surface area contributed by atoms with Crippen molar-refractivity contribution in [3.63, 3.8) is 0 Å². The van der Waals surface area contributed by atoms with Crippen LogP contribution in [0.1, 0.15) is 38.7 Å². The molecule has 5 nitrogen and oxygen atoms in total. The maximum atomic E-state index is 12.1. The first-order chi connectivity index (χ1) is 10.0. The van der Waals surface area contributed by atoms with E-state index in [1.54, 1.807) is 11.0 Å². The third-order valence-corrected chi connectivity index (χ3v) is 3.96. The Balaban J connectivity index is 2.13. The summed E-state index contributed by atoms with van der Waals surface area (Å²) in [5, 5.41) is 2.97. The summed E-state index contributed by atoms with van der Waals surface area (Å²) in [4.78, 5) is 25.8. The molecular formula is C16H23N3O2. The first-order valence-electron chi connectivity index (χ1n) is 7.53. The number of nitrogen functional groups attached to an aromatic ring is 1. The average molecular weight is 289 g/mol. The fourth-order valence-electron chi connectivity index (χ4n) is 2.66. The highest BCUT2D eigenvalue weighted by Crippen LogP contribution is 2.29. The van der Waals surface area contributed by atoms with Crippen molar-refractivity contribution in [2.45, 2.75) is 45.6 Å². The standard InChI is InChI=1S/C16H23N3O2/c1-3-13(4-2)18-15(20)10-19-14-7-6-12(17)9-11(14)5-8-16(19)21/h6-7,9,13H,3-5,8,10,17H2,1-2H3,(H,18,20). The number of hydrogen-bond donors (Lipinski definition) is 2. The van der Waals surface area contributed by atoms with E-state index >= 15 is 0 Å². The molecule has 0 saturated carbocycles. The van der Waals surface area contributed by atoms with E-state index in [0.717, 1.165) is 24.1 Å². The largest absolute Gasteiger partial charge is 0.399 e. The van der Waals surface area contributed by atoms with Gasteiger partial charge in [0.1, 0.15) is 6.54 Å². The van der Waals surface area contributed by atoms with Crippen LogP contribution in [0.15, 0.2) is 18.2 Å². The number of nitrogens with two attached hydrogens (primary N) is 1. The van der Waals surface area contributed by atoms with Crippen LogP contribution in [0.4, 0.5) is 11.4 Å². The van der Waals surface area contributed by atoms with Crippen LogP contribution >= 0.6 is 0 Å². The van der Waals surface area contributed by atoms with Gasteiger partial charge in [-0.15, -0.1) is 0 Å². The summed E-state index contributed by atoms with van der Waals surface area (Å²) in [7, 11) is 0. The number of carbonyl (C=O) groups is 2. The molecule has 2 amide bonds. The van der Waals surface area contributed by atoms with Crippen LogP contribution in [0.3, 0.4) is 0 Å². The summed E-state index contributed by atoms with van der Waals surface area (Å²) in [5.41, 5.74) is 8.31. The van der Waals surface area contributed by atoms with Crippen molar-refractivity contribution in [2.75, 3.05) is 17.2 Å². The topological polar surface area (TPSA) is 75.4 Å². The third kappa shape index (κ3) is 3.54. The van der Waals surface area contributed by atoms with Crippen molar-refractivity contribution in [3.05, 3.63) is 23.8 Å². The van der Waals surface area contributed by atoms with Gasteiger partial charge in [-0.05, 0) is 43.0 Å². The van der Waals surface area contributed by atoms with Crippen LogP contribution in [0.25, 0.3) is 0 Å². The molecule has 1 aliphatic heterocycles. The minimum Gasteiger partial charge on any atom is -0.399 e. The van der Waals surface area contributed by atoms with E-state index in [9.17, 15) is 9.59 Å². The molecule has 2 rings (SSSR count). The number of aryl methyl sites for hydroxylation is 1. The Morgan fingerprint density at radius 2 is 2.05 bits per heavy atom. The lowest BCUT2D eigenvalue weighted by atomic mass is 10.0. The van der Waals surface area contributed by atoms with E-state index in [4.69, 9.17) is 5.73 Å². The zero-order chi connectivity index (χ0) is 15.4. The second-order valence-electron chi connectivity index (χ2n) is 5.45. The maximum absolute atomic E-state index is 12.1. The highest BCUT2D eigenvalue weighted by molar-refractivity contribution is 6.01. The molecule has 1 heterocycles. The first-order valence-corrected chi connectivity index (χ1v) is 7.53. The number of hydrogen-bond acceptors (Lipinski definition) is 3. The van der Waals surface area contributed by atoms with E-state index in [1.807, 2.05) is 26.0 Å². The molecule has 1 aromatic carbocycles. The molecule has 21 heavy (non-hydrogen) atoms. The van der Waals surface area contributed by atoms with Crippen LogP contribution in [0.5, 0.6) is 0 Å². The Morgan fingerprint density at radius 3 is 2.71 bits per heavy atom. The number of amides is 2. The van der Waals surface area contributed by atoms with Crippen molar-refractivity contribution in [2.24, 2.45) is 0 Å². The second-order valence-corrected chi connectivity index (χ2v) is 5.45. The molecule has 0 saturated heterocycles. The molecule has 0 radical (unpaired) electrons. The summed E-state index contributed by atoms with van der Waals surface area (Å²) in [6.45, 7) is 4.16. The monoisotopic (exact) mass is 289 g/mol. The van der Waals surface area contributed by atoms with Crippen molar-refractivity contribution in [3.8, 4) is 0 Å². The van der Waals surface area contributed by atoms with Gasteiger partial charge < -0.3 is 16.0 Å². The number of benzene rings is 1. The van der Waals surface area contributed by atoms with Gasteiger partial charge in [-0.2, -0.15) is 0 Å². The highest BCUT2D eigenvalue weighted by Gasteiger charge is 2.26. The molecule has 0 unspecified atom stereocenters. The lowest BCUT2D eigenvalue weighted by Crippen LogP contribution is -2.45. The summed E-state index contributed by atoms with van der Waals surface area (Å²) in [6.07, 6.45) is 2.89. The predicted octanol–water partition coefficient (Wildman–Crippen LogP) is 1.85. The van der Waals surface area contributed by atoms with E-state index < -0.39 is 0 Å². The number of carbonyl (C=O) groups excluding carboxylic acids is 2. The van der Waals surface area contributed by atoms with Crippen LogP contribution in [-0.2, 0) is 16.0 Å². The fourth-order valence-corrected chi connectivity index (χ4v) is 2.66. The Bertz CT molecular complexity index is 538. The number of anilines is 2. The Kier molecular flexibility index (Phi) is 4.83. The van der Waals surface area contributed by atoms with E-state index in [2.05, 4.69) is 5.32 Å². The van der Waals surface area contributed by atoms with Gasteiger partial charge in [-0.3, -0.25) is 9.59 Å². The second kappa shape index (κ2) is 6.61. The first kappa shape index (κ1) is 15.4. The van der Waals surface area contributed by atoms with Crippen molar-refractivity contribution >= 4 is 23.2 Å². The molecule has 114 valence electrons. The number of rotatable bonds is 5. The highest BCUT2D eigenvalue weighted by atomic mass is 16.2. The van der Waals surface area contributed by atoms with Crippen LogP contribution in [0.2, 0.25) is 0 Å². The maximum Gasteiger partial charge on any atom is 0.240 e. The molecule has 1 aromatic rings. The van der Waals surface area contributed by atoms with Crippen molar-refractivity contribution < 1.29 is 9.59 Å². The average Bonchev–Trinajstić information content (AvgIpc) is 2.47. The molecular weight excluding hydrogens is 266 g/mol. The van der Waals surface area contributed by atoms with Crippen LogP contribution in [0, 0.1) is 0 Å². The SMILES string of the molecule is CCC(CC)NC(=O)CN1C(=O)CCc2cc(N)ccc21. The molecule has 0 spiro atoms. The van der Waals surface area contributed by atoms with Gasteiger partial charge >= 0.3 is 0 Å². The predicted molar refractivity (Wildman–Crippen MR) is 84.0 cm³/mol. The van der Waals surface area contributed by atoms with Gasteiger partial charge in [-0.25, -0.2) is 0 Å². The van der Waals surface area contributed by atoms with Crippen LogP contribution < -0.4 is 16.0 Å². The molecule has 3 N–H and O–H groups in total. The number of fused-ring (bicyclic) bond motifs is 1. The van der Waals surface area contributed by atoms with Crippen molar-refractivity contribution in [1.29, 1.82) is 0 Å². The summed E-state index contributed by atoms with van der Waals surface area (Å²) in [5.74, 6) is -0.117. The van der Waals surface area contributed by atoms with Crippen LogP contribution in [-0.4, -0.2) is 24.4 Å². The van der Waals surface area contributed by atoms with Gasteiger partial charge in [0.25, 0.3) is 0 Å². The Morgan fingerprint density at radius 1 is 1.33 bits per heavy atom. The third-order valence-electron chi connectivity index (χ3n) is 3.96. The summed E-state index contributed by atoms with van der Waals surface area (Å²) < 4.78 is 0. The Hall–Kier alpha value is -2.04. The Labute approximate surface area is 125 Å². The normalized spacial score (nSPS) is 14.2. The van der Waals surface area contributed by atoms with Gasteiger partial charge in [0.15, 0.2) is 0 Å². The summed E-state index contributed by atoms with van der Waals surface area (Å²) in [6, 6.07) is 5.64. The number of nitrogens with zero attached hydrogens (tertiary/aromatic N) is 1. The minimum absolute atomic E-state index is 0.00744. The molecule has 1 aliphatic rings. The van der Waals surface area contributed by atoms with E-state index in [1.165, 1.54) is 0 Å². The lowest BCUT2D eigenvalue weighted by molar-refractivity contribution is -0.124. The summed E-state index contributed by atoms with van der Waals surface area (Å²) >= 11 is 0. The molecule has 0 aromatic heterocycles. The molecule has 5 heteroatoms.